The van der Waals surface area contributed by atoms with Crippen LogP contribution in [0.15, 0.2) is 6.33 Å². The topological polar surface area (TPSA) is 143 Å². The van der Waals surface area contributed by atoms with Crippen LogP contribution >= 0.6 is 0 Å². The van der Waals surface area contributed by atoms with Crippen molar-refractivity contribution in [3.8, 4) is 0 Å². The van der Waals surface area contributed by atoms with Gasteiger partial charge in [-0.25, -0.2) is 4.98 Å². The standard InChI is InChI=1S/C14H20N6O4/c15-14-17-11(19-3-1-2-4-19)8-12(18-14)20(6-16-8)13-10(23)9(22)7(5-21)24-13/h6-7,9-10,13,21-23H,1-5H2,(H2,15,17,18)/t7-,9-,10-,13-/m1/s1. The number of nitrogen functional groups attached to an aromatic ring is 1. The Morgan fingerprint density at radius 3 is 2.62 bits per heavy atom. The van der Waals surface area contributed by atoms with Gasteiger partial charge in [0.2, 0.25) is 5.95 Å². The average molecular weight is 336 g/mol. The Hall–Kier alpha value is -2.01. The van der Waals surface area contributed by atoms with E-state index < -0.39 is 31.1 Å². The maximum atomic E-state index is 10.2. The third-order valence-electron chi connectivity index (χ3n) is 4.62. The summed E-state index contributed by atoms with van der Waals surface area (Å²) in [6.45, 7) is 1.37. The first-order valence-electron chi connectivity index (χ1n) is 7.97. The van der Waals surface area contributed by atoms with Gasteiger partial charge in [0, 0.05) is 13.1 Å². The Labute approximate surface area is 137 Å². The molecule has 4 rings (SSSR count). The normalized spacial score (nSPS) is 30.5. The van der Waals surface area contributed by atoms with Gasteiger partial charge in [-0.15, -0.1) is 0 Å². The van der Waals surface area contributed by atoms with Gasteiger partial charge in [-0.2, -0.15) is 9.97 Å². The van der Waals surface area contributed by atoms with Crippen LogP contribution in [0.25, 0.3) is 11.2 Å². The molecule has 4 atom stereocenters. The summed E-state index contributed by atoms with van der Waals surface area (Å²) >= 11 is 0. The van der Waals surface area contributed by atoms with Crippen LogP contribution in [0.3, 0.4) is 0 Å². The zero-order chi connectivity index (χ0) is 16.8. The Balaban J connectivity index is 1.78. The molecule has 0 amide bonds. The second kappa shape index (κ2) is 5.81. The lowest BCUT2D eigenvalue weighted by molar-refractivity contribution is -0.0511. The Morgan fingerprint density at radius 2 is 1.96 bits per heavy atom. The highest BCUT2D eigenvalue weighted by molar-refractivity contribution is 5.85. The van der Waals surface area contributed by atoms with Crippen LogP contribution in [0.4, 0.5) is 11.8 Å². The molecule has 0 bridgehead atoms. The number of ether oxygens (including phenoxy) is 1. The van der Waals surface area contributed by atoms with E-state index in [0.717, 1.165) is 25.9 Å². The molecule has 2 aliphatic heterocycles. The lowest BCUT2D eigenvalue weighted by Gasteiger charge is -2.19. The first kappa shape index (κ1) is 15.5. The van der Waals surface area contributed by atoms with Crippen molar-refractivity contribution in [3.63, 3.8) is 0 Å². The van der Waals surface area contributed by atoms with Crippen LogP contribution < -0.4 is 10.6 Å². The van der Waals surface area contributed by atoms with Gasteiger partial charge in [-0.05, 0) is 12.8 Å². The summed E-state index contributed by atoms with van der Waals surface area (Å²) in [5, 5.41) is 29.4. The van der Waals surface area contributed by atoms with Crippen molar-refractivity contribution in [2.45, 2.75) is 37.4 Å². The molecule has 0 aromatic carbocycles. The van der Waals surface area contributed by atoms with Crippen LogP contribution in [-0.4, -0.2) is 72.8 Å². The summed E-state index contributed by atoms with van der Waals surface area (Å²) < 4.78 is 7.08. The van der Waals surface area contributed by atoms with E-state index in [4.69, 9.17) is 10.5 Å². The number of anilines is 2. The molecular formula is C14H20N6O4. The van der Waals surface area contributed by atoms with Crippen molar-refractivity contribution in [1.82, 2.24) is 19.5 Å². The van der Waals surface area contributed by atoms with Crippen molar-refractivity contribution >= 4 is 22.9 Å². The van der Waals surface area contributed by atoms with Crippen molar-refractivity contribution in [2.24, 2.45) is 0 Å². The number of imidazole rings is 1. The van der Waals surface area contributed by atoms with Gasteiger partial charge in [0.25, 0.3) is 0 Å². The highest BCUT2D eigenvalue weighted by Crippen LogP contribution is 2.33. The molecule has 0 saturated carbocycles. The Bertz CT molecular complexity index is 746. The molecule has 10 heteroatoms. The van der Waals surface area contributed by atoms with E-state index >= 15 is 0 Å². The second-order valence-corrected chi connectivity index (χ2v) is 6.15. The van der Waals surface area contributed by atoms with Gasteiger partial charge in [0.15, 0.2) is 23.2 Å². The number of rotatable bonds is 3. The van der Waals surface area contributed by atoms with Crippen LogP contribution in [0.5, 0.6) is 0 Å². The lowest BCUT2D eigenvalue weighted by Crippen LogP contribution is -2.33. The summed E-state index contributed by atoms with van der Waals surface area (Å²) in [5.41, 5.74) is 6.85. The van der Waals surface area contributed by atoms with E-state index in [0.29, 0.717) is 17.0 Å². The smallest absolute Gasteiger partial charge is 0.224 e. The molecule has 0 spiro atoms. The number of nitrogens with two attached hydrogens (primary N) is 1. The summed E-state index contributed by atoms with van der Waals surface area (Å²) in [7, 11) is 0. The zero-order valence-corrected chi connectivity index (χ0v) is 13.0. The molecule has 130 valence electrons. The number of aliphatic hydroxyl groups is 3. The molecule has 0 radical (unpaired) electrons. The number of hydrogen-bond acceptors (Lipinski definition) is 9. The molecule has 2 saturated heterocycles. The van der Waals surface area contributed by atoms with E-state index in [-0.39, 0.29) is 5.95 Å². The van der Waals surface area contributed by atoms with E-state index in [1.165, 1.54) is 10.9 Å². The van der Waals surface area contributed by atoms with Crippen LogP contribution in [-0.2, 0) is 4.74 Å². The largest absolute Gasteiger partial charge is 0.394 e. The Kier molecular flexibility index (Phi) is 3.76. The van der Waals surface area contributed by atoms with Gasteiger partial charge in [0.05, 0.1) is 12.9 Å². The number of fused-ring (bicyclic) bond motifs is 1. The maximum Gasteiger partial charge on any atom is 0.224 e. The first-order valence-corrected chi connectivity index (χ1v) is 7.97. The predicted octanol–water partition coefficient (Wildman–Crippen LogP) is -1.38. The van der Waals surface area contributed by atoms with Crippen molar-refractivity contribution in [3.05, 3.63) is 6.33 Å². The fraction of sp³-hybridized carbons (Fsp3) is 0.643. The SMILES string of the molecule is Nc1nc(N2CCCC2)c2ncn([C@@H]3O[C@H](CO)[C@@H](O)[C@H]3O)c2n1. The maximum absolute atomic E-state index is 10.2. The third-order valence-corrected chi connectivity index (χ3v) is 4.62. The van der Waals surface area contributed by atoms with E-state index in [1.807, 2.05) is 0 Å². The van der Waals surface area contributed by atoms with Crippen LogP contribution in [0.1, 0.15) is 19.1 Å². The molecule has 2 aromatic heterocycles. The number of hydrogen-bond donors (Lipinski definition) is 4. The highest BCUT2D eigenvalue weighted by Gasteiger charge is 2.44. The quantitative estimate of drug-likeness (QED) is 0.533. The minimum atomic E-state index is -1.20. The molecule has 2 fully saturated rings. The van der Waals surface area contributed by atoms with E-state index in [1.54, 1.807) is 0 Å². The van der Waals surface area contributed by atoms with E-state index in [2.05, 4.69) is 19.9 Å². The molecule has 5 N–H and O–H groups in total. The summed E-state index contributed by atoms with van der Waals surface area (Å²) in [4.78, 5) is 15.0. The van der Waals surface area contributed by atoms with Gasteiger partial charge in [-0.3, -0.25) is 4.57 Å². The van der Waals surface area contributed by atoms with Gasteiger partial charge in [0.1, 0.15) is 18.3 Å². The highest BCUT2D eigenvalue weighted by atomic mass is 16.6. The zero-order valence-electron chi connectivity index (χ0n) is 13.0. The van der Waals surface area contributed by atoms with Crippen molar-refractivity contribution < 1.29 is 20.1 Å². The fourth-order valence-corrected chi connectivity index (χ4v) is 3.36. The number of aliphatic hydroxyl groups excluding tert-OH is 3. The summed E-state index contributed by atoms with van der Waals surface area (Å²) in [5.74, 6) is 0.776. The minimum absolute atomic E-state index is 0.109. The summed E-state index contributed by atoms with van der Waals surface area (Å²) in [6.07, 6.45) is -0.496. The average Bonchev–Trinajstić information content (AvgIpc) is 3.28. The van der Waals surface area contributed by atoms with Crippen molar-refractivity contribution in [1.29, 1.82) is 0 Å². The fourth-order valence-electron chi connectivity index (χ4n) is 3.36. The van der Waals surface area contributed by atoms with Crippen molar-refractivity contribution in [2.75, 3.05) is 30.3 Å². The number of aromatic nitrogens is 4. The van der Waals surface area contributed by atoms with Crippen LogP contribution in [0.2, 0.25) is 0 Å². The minimum Gasteiger partial charge on any atom is -0.394 e. The third kappa shape index (κ3) is 2.30. The molecule has 24 heavy (non-hydrogen) atoms. The molecule has 4 heterocycles. The molecule has 2 aromatic rings. The molecule has 0 aliphatic carbocycles. The summed E-state index contributed by atoms with van der Waals surface area (Å²) in [6, 6.07) is 0. The molecule has 2 aliphatic rings. The Morgan fingerprint density at radius 1 is 1.21 bits per heavy atom. The molecule has 0 unspecified atom stereocenters. The van der Waals surface area contributed by atoms with Gasteiger partial charge < -0.3 is 30.7 Å². The van der Waals surface area contributed by atoms with Gasteiger partial charge >= 0.3 is 0 Å². The van der Waals surface area contributed by atoms with Gasteiger partial charge in [-0.1, -0.05) is 0 Å². The first-order chi connectivity index (χ1) is 11.6. The monoisotopic (exact) mass is 336 g/mol. The van der Waals surface area contributed by atoms with Crippen LogP contribution in [0, 0.1) is 0 Å². The van der Waals surface area contributed by atoms with E-state index in [9.17, 15) is 15.3 Å². The number of nitrogens with zero attached hydrogens (tertiary/aromatic N) is 5. The predicted molar refractivity (Wildman–Crippen MR) is 84.2 cm³/mol. The molecule has 10 nitrogen and oxygen atoms in total. The lowest BCUT2D eigenvalue weighted by atomic mass is 10.1. The molecular weight excluding hydrogens is 316 g/mol. The second-order valence-electron chi connectivity index (χ2n) is 6.15.